The van der Waals surface area contributed by atoms with Crippen LogP contribution in [0, 0.1) is 11.3 Å². The lowest BCUT2D eigenvalue weighted by atomic mass is 10.2. The minimum atomic E-state index is 0.568. The SMILES string of the molecule is N#Cc1ccccc1Nc1cc(Nc2ccccc2)ncn1. The van der Waals surface area contributed by atoms with Gasteiger partial charge in [-0.2, -0.15) is 5.26 Å². The number of nitrogens with zero attached hydrogens (tertiary/aromatic N) is 3. The number of nitrogens with one attached hydrogen (secondary N) is 2. The van der Waals surface area contributed by atoms with Crippen LogP contribution < -0.4 is 10.6 Å². The first kappa shape index (κ1) is 13.6. The fourth-order valence-corrected chi connectivity index (χ4v) is 1.99. The molecule has 0 spiro atoms. The molecule has 22 heavy (non-hydrogen) atoms. The summed E-state index contributed by atoms with van der Waals surface area (Å²) < 4.78 is 0. The summed E-state index contributed by atoms with van der Waals surface area (Å²) >= 11 is 0. The zero-order valence-corrected chi connectivity index (χ0v) is 11.7. The van der Waals surface area contributed by atoms with Crippen molar-refractivity contribution in [2.24, 2.45) is 0 Å². The van der Waals surface area contributed by atoms with E-state index in [2.05, 4.69) is 26.7 Å². The Bertz CT molecular complexity index is 809. The number of nitriles is 1. The van der Waals surface area contributed by atoms with Crippen molar-refractivity contribution < 1.29 is 0 Å². The molecule has 5 heteroatoms. The summed E-state index contributed by atoms with van der Waals surface area (Å²) in [4.78, 5) is 8.37. The van der Waals surface area contributed by atoms with Crippen molar-refractivity contribution in [3.8, 4) is 6.07 Å². The molecule has 0 saturated carbocycles. The van der Waals surface area contributed by atoms with E-state index in [0.717, 1.165) is 11.4 Å². The molecule has 1 heterocycles. The van der Waals surface area contributed by atoms with E-state index in [4.69, 9.17) is 5.26 Å². The third-order valence-corrected chi connectivity index (χ3v) is 3.02. The molecule has 0 fully saturated rings. The fourth-order valence-electron chi connectivity index (χ4n) is 1.99. The van der Waals surface area contributed by atoms with E-state index >= 15 is 0 Å². The second-order valence-corrected chi connectivity index (χ2v) is 4.56. The zero-order valence-electron chi connectivity index (χ0n) is 11.7. The number of aromatic nitrogens is 2. The predicted octanol–water partition coefficient (Wildman–Crippen LogP) is 3.84. The summed E-state index contributed by atoms with van der Waals surface area (Å²) in [5, 5.41) is 15.4. The van der Waals surface area contributed by atoms with Gasteiger partial charge in [0.2, 0.25) is 0 Å². The van der Waals surface area contributed by atoms with Gasteiger partial charge in [0.05, 0.1) is 11.3 Å². The van der Waals surface area contributed by atoms with Gasteiger partial charge in [-0.1, -0.05) is 30.3 Å². The van der Waals surface area contributed by atoms with Crippen molar-refractivity contribution >= 4 is 23.0 Å². The molecular formula is C17H13N5. The van der Waals surface area contributed by atoms with Crippen LogP contribution in [0.25, 0.3) is 0 Å². The lowest BCUT2D eigenvalue weighted by Crippen LogP contribution is -1.99. The third-order valence-electron chi connectivity index (χ3n) is 3.02. The molecular weight excluding hydrogens is 274 g/mol. The summed E-state index contributed by atoms with van der Waals surface area (Å²) in [6.45, 7) is 0. The number of benzene rings is 2. The molecule has 0 aliphatic carbocycles. The zero-order chi connectivity index (χ0) is 15.2. The molecule has 0 unspecified atom stereocenters. The van der Waals surface area contributed by atoms with Crippen LogP contribution in [0.15, 0.2) is 67.0 Å². The fraction of sp³-hybridized carbons (Fsp3) is 0. The van der Waals surface area contributed by atoms with Gasteiger partial charge < -0.3 is 10.6 Å². The Balaban J connectivity index is 1.81. The highest BCUT2D eigenvalue weighted by Crippen LogP contribution is 2.21. The van der Waals surface area contributed by atoms with E-state index in [0.29, 0.717) is 17.2 Å². The molecule has 0 aliphatic heterocycles. The Hall–Kier alpha value is -3.39. The number of anilines is 4. The first-order valence-corrected chi connectivity index (χ1v) is 6.75. The normalized spacial score (nSPS) is 9.77. The molecule has 3 rings (SSSR count). The van der Waals surface area contributed by atoms with Crippen molar-refractivity contribution in [1.29, 1.82) is 5.26 Å². The summed E-state index contributed by atoms with van der Waals surface area (Å²) in [5.41, 5.74) is 2.23. The second-order valence-electron chi connectivity index (χ2n) is 4.56. The lowest BCUT2D eigenvalue weighted by molar-refractivity contribution is 1.17. The number of para-hydroxylation sites is 2. The molecule has 1 aromatic heterocycles. The minimum absolute atomic E-state index is 0.568. The van der Waals surface area contributed by atoms with Crippen LogP contribution in [0.2, 0.25) is 0 Å². The second kappa shape index (κ2) is 6.37. The molecule has 0 radical (unpaired) electrons. The summed E-state index contributed by atoms with van der Waals surface area (Å²) in [7, 11) is 0. The molecule has 0 aliphatic rings. The van der Waals surface area contributed by atoms with Gasteiger partial charge in [0.25, 0.3) is 0 Å². The van der Waals surface area contributed by atoms with Crippen LogP contribution >= 0.6 is 0 Å². The Kier molecular flexibility index (Phi) is 3.94. The molecule has 106 valence electrons. The standard InChI is InChI=1S/C17H13N5/c18-11-13-6-4-5-9-15(13)22-17-10-16(19-12-20-17)21-14-7-2-1-3-8-14/h1-10,12H,(H2,19,20,21,22). The van der Waals surface area contributed by atoms with Crippen molar-refractivity contribution in [2.75, 3.05) is 10.6 Å². The Labute approximate surface area is 128 Å². The van der Waals surface area contributed by atoms with Gasteiger partial charge >= 0.3 is 0 Å². The topological polar surface area (TPSA) is 73.6 Å². The highest BCUT2D eigenvalue weighted by molar-refractivity contribution is 5.66. The minimum Gasteiger partial charge on any atom is -0.340 e. The van der Waals surface area contributed by atoms with Gasteiger partial charge in [-0.3, -0.25) is 0 Å². The van der Waals surface area contributed by atoms with E-state index < -0.39 is 0 Å². The van der Waals surface area contributed by atoms with Crippen molar-refractivity contribution in [3.63, 3.8) is 0 Å². The highest BCUT2D eigenvalue weighted by atomic mass is 15.1. The van der Waals surface area contributed by atoms with Crippen LogP contribution in [-0.4, -0.2) is 9.97 Å². The monoisotopic (exact) mass is 287 g/mol. The molecule has 0 amide bonds. The molecule has 2 aromatic carbocycles. The lowest BCUT2D eigenvalue weighted by Gasteiger charge is -2.09. The van der Waals surface area contributed by atoms with E-state index in [9.17, 15) is 0 Å². The van der Waals surface area contributed by atoms with Crippen molar-refractivity contribution in [3.05, 3.63) is 72.6 Å². The average Bonchev–Trinajstić information content (AvgIpc) is 2.57. The molecule has 0 bridgehead atoms. The van der Waals surface area contributed by atoms with Gasteiger partial charge in [-0.05, 0) is 24.3 Å². The van der Waals surface area contributed by atoms with Crippen molar-refractivity contribution in [2.45, 2.75) is 0 Å². The first-order valence-electron chi connectivity index (χ1n) is 6.75. The number of hydrogen-bond acceptors (Lipinski definition) is 5. The van der Waals surface area contributed by atoms with Crippen LogP contribution in [-0.2, 0) is 0 Å². The van der Waals surface area contributed by atoms with E-state index in [-0.39, 0.29) is 0 Å². The molecule has 0 atom stereocenters. The summed E-state index contributed by atoms with van der Waals surface area (Å²) in [6.07, 6.45) is 1.47. The molecule has 5 nitrogen and oxygen atoms in total. The van der Waals surface area contributed by atoms with Crippen LogP contribution in [0.1, 0.15) is 5.56 Å². The average molecular weight is 287 g/mol. The highest BCUT2D eigenvalue weighted by Gasteiger charge is 2.03. The maximum atomic E-state index is 9.11. The molecule has 0 saturated heterocycles. The van der Waals surface area contributed by atoms with Gasteiger partial charge in [-0.15, -0.1) is 0 Å². The Morgan fingerprint density at radius 3 is 2.27 bits per heavy atom. The number of hydrogen-bond donors (Lipinski definition) is 2. The quantitative estimate of drug-likeness (QED) is 0.762. The van der Waals surface area contributed by atoms with Gasteiger partial charge in [0.1, 0.15) is 24.0 Å². The Morgan fingerprint density at radius 1 is 0.818 bits per heavy atom. The van der Waals surface area contributed by atoms with Crippen LogP contribution in [0.5, 0.6) is 0 Å². The third kappa shape index (κ3) is 3.19. The Morgan fingerprint density at radius 2 is 1.50 bits per heavy atom. The van der Waals surface area contributed by atoms with E-state index in [1.807, 2.05) is 48.5 Å². The van der Waals surface area contributed by atoms with E-state index in [1.165, 1.54) is 6.33 Å². The first-order chi connectivity index (χ1) is 10.8. The van der Waals surface area contributed by atoms with Crippen LogP contribution in [0.4, 0.5) is 23.0 Å². The van der Waals surface area contributed by atoms with E-state index in [1.54, 1.807) is 12.1 Å². The maximum absolute atomic E-state index is 9.11. The molecule has 2 N–H and O–H groups in total. The number of rotatable bonds is 4. The smallest absolute Gasteiger partial charge is 0.135 e. The van der Waals surface area contributed by atoms with Gasteiger partial charge in [0.15, 0.2) is 0 Å². The maximum Gasteiger partial charge on any atom is 0.135 e. The summed E-state index contributed by atoms with van der Waals surface area (Å²) in [5.74, 6) is 1.30. The summed E-state index contributed by atoms with van der Waals surface area (Å²) in [6, 6.07) is 21.0. The molecule has 3 aromatic rings. The van der Waals surface area contributed by atoms with Crippen molar-refractivity contribution in [1.82, 2.24) is 9.97 Å². The predicted molar refractivity (Wildman–Crippen MR) is 86.2 cm³/mol. The van der Waals surface area contributed by atoms with Gasteiger partial charge in [0, 0.05) is 11.8 Å². The largest absolute Gasteiger partial charge is 0.340 e. The van der Waals surface area contributed by atoms with Gasteiger partial charge in [-0.25, -0.2) is 9.97 Å². The van der Waals surface area contributed by atoms with Crippen LogP contribution in [0.3, 0.4) is 0 Å².